The highest BCUT2D eigenvalue weighted by atomic mass is 32.2. The maximum absolute atomic E-state index is 9.26. The molecule has 0 aromatic carbocycles. The second kappa shape index (κ2) is 7.31. The first kappa shape index (κ1) is 14.9. The highest BCUT2D eigenvalue weighted by molar-refractivity contribution is 7.99. The molecule has 2 unspecified atom stereocenters. The number of rotatable bonds is 7. The maximum atomic E-state index is 9.26. The Bertz CT molecular complexity index is 373. The molecule has 0 bridgehead atoms. The van der Waals surface area contributed by atoms with Gasteiger partial charge in [0.2, 0.25) is 0 Å². The molecule has 0 amide bonds. The van der Waals surface area contributed by atoms with E-state index < -0.39 is 0 Å². The van der Waals surface area contributed by atoms with Crippen molar-refractivity contribution in [2.75, 3.05) is 12.9 Å². The summed E-state index contributed by atoms with van der Waals surface area (Å²) in [4.78, 5) is 0. The number of aromatic nitrogens is 2. The van der Waals surface area contributed by atoms with Gasteiger partial charge in [-0.3, -0.25) is 4.68 Å². The van der Waals surface area contributed by atoms with E-state index in [2.05, 4.69) is 34.3 Å². The summed E-state index contributed by atoms with van der Waals surface area (Å²) >= 11 is 1.70. The molecule has 5 heteroatoms. The molecule has 2 atom stereocenters. The van der Waals surface area contributed by atoms with Crippen molar-refractivity contribution in [3.8, 4) is 0 Å². The topological polar surface area (TPSA) is 50.1 Å². The molecule has 19 heavy (non-hydrogen) atoms. The van der Waals surface area contributed by atoms with Gasteiger partial charge in [-0.15, -0.1) is 0 Å². The number of thioether (sulfide) groups is 1. The Kier molecular flexibility index (Phi) is 5.73. The van der Waals surface area contributed by atoms with Gasteiger partial charge in [0.15, 0.2) is 0 Å². The van der Waals surface area contributed by atoms with Gasteiger partial charge in [0.05, 0.1) is 18.3 Å². The summed E-state index contributed by atoms with van der Waals surface area (Å²) in [5, 5.41) is 17.6. The summed E-state index contributed by atoms with van der Waals surface area (Å²) in [5.41, 5.74) is 1.09. The minimum absolute atomic E-state index is 0.214. The number of nitrogens with zero attached hydrogens (tertiary/aromatic N) is 2. The molecule has 1 aromatic rings. The van der Waals surface area contributed by atoms with Crippen LogP contribution in [0.2, 0.25) is 0 Å². The van der Waals surface area contributed by atoms with Gasteiger partial charge in [0.1, 0.15) is 0 Å². The predicted octanol–water partition coefficient (Wildman–Crippen LogP) is 2.20. The Balaban J connectivity index is 1.82. The zero-order chi connectivity index (χ0) is 13.7. The Morgan fingerprint density at radius 3 is 2.89 bits per heavy atom. The third-order valence-corrected chi connectivity index (χ3v) is 5.17. The highest BCUT2D eigenvalue weighted by Crippen LogP contribution is 2.28. The number of aliphatic hydroxyl groups excluding tert-OH is 1. The first-order valence-electron chi connectivity index (χ1n) is 7.15. The summed E-state index contributed by atoms with van der Waals surface area (Å²) in [5.74, 6) is 0. The van der Waals surface area contributed by atoms with Gasteiger partial charge in [0, 0.05) is 24.0 Å². The summed E-state index contributed by atoms with van der Waals surface area (Å²) in [6, 6.07) is 3.00. The molecule has 1 heterocycles. The van der Waals surface area contributed by atoms with Crippen LogP contribution in [0.3, 0.4) is 0 Å². The van der Waals surface area contributed by atoms with E-state index in [4.69, 9.17) is 0 Å². The monoisotopic (exact) mass is 283 g/mol. The van der Waals surface area contributed by atoms with Gasteiger partial charge in [0.25, 0.3) is 0 Å². The van der Waals surface area contributed by atoms with Crippen molar-refractivity contribution in [2.45, 2.75) is 56.5 Å². The fourth-order valence-electron chi connectivity index (χ4n) is 2.68. The molecule has 0 radical (unpaired) electrons. The molecule has 1 aliphatic rings. The molecule has 1 fully saturated rings. The van der Waals surface area contributed by atoms with Crippen molar-refractivity contribution in [2.24, 2.45) is 0 Å². The van der Waals surface area contributed by atoms with Crippen molar-refractivity contribution >= 4 is 11.8 Å². The second-order valence-corrected chi connectivity index (χ2v) is 6.43. The Morgan fingerprint density at radius 1 is 1.53 bits per heavy atom. The van der Waals surface area contributed by atoms with Crippen LogP contribution >= 0.6 is 11.8 Å². The van der Waals surface area contributed by atoms with Crippen LogP contribution in [0, 0.1) is 0 Å². The fourth-order valence-corrected chi connectivity index (χ4v) is 3.33. The minimum atomic E-state index is 0.214. The average Bonchev–Trinajstić information content (AvgIpc) is 3.08. The summed E-state index contributed by atoms with van der Waals surface area (Å²) in [7, 11) is 0. The highest BCUT2D eigenvalue weighted by Gasteiger charge is 2.18. The first-order valence-corrected chi connectivity index (χ1v) is 8.44. The molecule has 2 N–H and O–H groups in total. The maximum Gasteiger partial charge on any atom is 0.0762 e. The van der Waals surface area contributed by atoms with Crippen LogP contribution in [0.25, 0.3) is 0 Å². The summed E-state index contributed by atoms with van der Waals surface area (Å²) in [6.45, 7) is 3.11. The largest absolute Gasteiger partial charge is 0.395 e. The van der Waals surface area contributed by atoms with Gasteiger partial charge in [-0.05, 0) is 32.1 Å². The number of nitrogens with one attached hydrogen (secondary N) is 1. The molecule has 4 nitrogen and oxygen atoms in total. The van der Waals surface area contributed by atoms with Crippen LogP contribution in [-0.4, -0.2) is 39.0 Å². The quantitative estimate of drug-likeness (QED) is 0.805. The molecule has 2 rings (SSSR count). The van der Waals surface area contributed by atoms with Crippen molar-refractivity contribution in [3.05, 3.63) is 18.0 Å². The minimum Gasteiger partial charge on any atom is -0.395 e. The average molecular weight is 283 g/mol. The number of aliphatic hydroxyl groups is 1. The standard InChI is InChI=1S/C14H25N3OS/c1-11(14(10-18)19-2)15-9-12-7-8-17(16-12)13-5-3-4-6-13/h7-8,11,13-15,18H,3-6,9-10H2,1-2H3. The van der Waals surface area contributed by atoms with Crippen LogP contribution in [0.15, 0.2) is 12.3 Å². The summed E-state index contributed by atoms with van der Waals surface area (Å²) in [6.07, 6.45) is 9.35. The van der Waals surface area contributed by atoms with Gasteiger partial charge in [-0.1, -0.05) is 12.8 Å². The first-order chi connectivity index (χ1) is 9.24. The van der Waals surface area contributed by atoms with Gasteiger partial charge in [-0.25, -0.2) is 0 Å². The van der Waals surface area contributed by atoms with Crippen molar-refractivity contribution in [1.29, 1.82) is 0 Å². The van der Waals surface area contributed by atoms with E-state index in [0.29, 0.717) is 6.04 Å². The van der Waals surface area contributed by atoms with E-state index in [0.717, 1.165) is 12.2 Å². The van der Waals surface area contributed by atoms with E-state index in [-0.39, 0.29) is 17.9 Å². The second-order valence-electron chi connectivity index (χ2n) is 5.35. The van der Waals surface area contributed by atoms with Gasteiger partial charge < -0.3 is 10.4 Å². The van der Waals surface area contributed by atoms with Crippen LogP contribution in [0.4, 0.5) is 0 Å². The lowest BCUT2D eigenvalue weighted by molar-refractivity contribution is 0.275. The lowest BCUT2D eigenvalue weighted by Crippen LogP contribution is -2.37. The lowest BCUT2D eigenvalue weighted by Gasteiger charge is -2.20. The van der Waals surface area contributed by atoms with Crippen LogP contribution in [0.5, 0.6) is 0 Å². The molecule has 0 saturated heterocycles. The molecule has 1 saturated carbocycles. The summed E-state index contributed by atoms with van der Waals surface area (Å²) < 4.78 is 2.13. The third kappa shape index (κ3) is 3.97. The third-order valence-electron chi connectivity index (χ3n) is 4.01. The van der Waals surface area contributed by atoms with Crippen LogP contribution < -0.4 is 5.32 Å². The molecule has 1 aromatic heterocycles. The van der Waals surface area contributed by atoms with Crippen LogP contribution in [-0.2, 0) is 6.54 Å². The zero-order valence-corrected chi connectivity index (χ0v) is 12.7. The Labute approximate surface area is 120 Å². The molecule has 0 aliphatic heterocycles. The smallest absolute Gasteiger partial charge is 0.0762 e. The molecular formula is C14H25N3OS. The zero-order valence-electron chi connectivity index (χ0n) is 11.9. The van der Waals surface area contributed by atoms with E-state index in [9.17, 15) is 5.11 Å². The number of hydrogen-bond acceptors (Lipinski definition) is 4. The van der Waals surface area contributed by atoms with E-state index in [1.807, 2.05) is 6.26 Å². The normalized spacial score (nSPS) is 19.7. The molecular weight excluding hydrogens is 258 g/mol. The van der Waals surface area contributed by atoms with E-state index >= 15 is 0 Å². The van der Waals surface area contributed by atoms with Crippen molar-refractivity contribution in [3.63, 3.8) is 0 Å². The van der Waals surface area contributed by atoms with Gasteiger partial charge >= 0.3 is 0 Å². The fraction of sp³-hybridized carbons (Fsp3) is 0.786. The Hall–Kier alpha value is -0.520. The molecule has 0 spiro atoms. The molecule has 1 aliphatic carbocycles. The molecule has 108 valence electrons. The van der Waals surface area contributed by atoms with Crippen molar-refractivity contribution in [1.82, 2.24) is 15.1 Å². The number of hydrogen-bond donors (Lipinski definition) is 2. The van der Waals surface area contributed by atoms with E-state index in [1.165, 1.54) is 25.7 Å². The van der Waals surface area contributed by atoms with E-state index in [1.54, 1.807) is 11.8 Å². The predicted molar refractivity (Wildman–Crippen MR) is 80.4 cm³/mol. The SMILES string of the molecule is CSC(CO)C(C)NCc1ccn(C2CCCC2)n1. The van der Waals surface area contributed by atoms with Crippen molar-refractivity contribution < 1.29 is 5.11 Å². The van der Waals surface area contributed by atoms with Crippen LogP contribution in [0.1, 0.15) is 44.3 Å². The lowest BCUT2D eigenvalue weighted by atomic mass is 10.2. The van der Waals surface area contributed by atoms with Gasteiger partial charge in [-0.2, -0.15) is 16.9 Å². The Morgan fingerprint density at radius 2 is 2.26 bits per heavy atom.